The molecule has 1 aromatic carbocycles. The third kappa shape index (κ3) is 4.48. The lowest BCUT2D eigenvalue weighted by Gasteiger charge is -2.39. The standard InChI is InChI=1S/C29H41N3O4S/c1-18(2)21(17-33)32-24(26(35)31-20-12-8-5-9-13-20)29-15-14-28(3,37-29)22(23(29)27(32)36)25(34)30-16-19-10-6-4-7-11-19/h4,6-7,10-11,18,20-24,33H,5,8-9,12-17H2,1-3H3,(H,30,34)(H,31,35)/t21-,22-,23-,24?,28+,29?/m0/s1. The Kier molecular flexibility index (Phi) is 7.35. The van der Waals surface area contributed by atoms with Crippen molar-refractivity contribution in [3.05, 3.63) is 35.9 Å². The molecule has 3 saturated heterocycles. The molecule has 3 amide bonds. The molecule has 4 fully saturated rings. The van der Waals surface area contributed by atoms with Gasteiger partial charge in [-0.15, -0.1) is 11.8 Å². The van der Waals surface area contributed by atoms with Crippen molar-refractivity contribution in [2.24, 2.45) is 17.8 Å². The fourth-order valence-electron chi connectivity index (χ4n) is 7.46. The summed E-state index contributed by atoms with van der Waals surface area (Å²) in [4.78, 5) is 43.7. The van der Waals surface area contributed by atoms with Gasteiger partial charge in [0.2, 0.25) is 17.7 Å². The number of nitrogens with zero attached hydrogens (tertiary/aromatic N) is 1. The first-order valence-electron chi connectivity index (χ1n) is 14.0. The summed E-state index contributed by atoms with van der Waals surface area (Å²) in [7, 11) is 0. The molecule has 3 N–H and O–H groups in total. The molecule has 5 rings (SSSR count). The van der Waals surface area contributed by atoms with Gasteiger partial charge in [-0.25, -0.2) is 0 Å². The second kappa shape index (κ2) is 10.3. The summed E-state index contributed by atoms with van der Waals surface area (Å²) in [6.07, 6.45) is 6.85. The average Bonchev–Trinajstić information content (AvgIpc) is 3.45. The van der Waals surface area contributed by atoms with Crippen molar-refractivity contribution in [2.75, 3.05) is 6.61 Å². The monoisotopic (exact) mass is 527 g/mol. The van der Waals surface area contributed by atoms with E-state index in [4.69, 9.17) is 0 Å². The molecule has 7 nitrogen and oxygen atoms in total. The number of carbonyl (C=O) groups excluding carboxylic acids is 3. The smallest absolute Gasteiger partial charge is 0.244 e. The molecule has 1 aliphatic carbocycles. The van der Waals surface area contributed by atoms with Crippen molar-refractivity contribution >= 4 is 29.5 Å². The van der Waals surface area contributed by atoms with Gasteiger partial charge in [-0.3, -0.25) is 14.4 Å². The number of aliphatic hydroxyl groups is 1. The zero-order valence-electron chi connectivity index (χ0n) is 22.2. The Morgan fingerprint density at radius 3 is 2.46 bits per heavy atom. The number of nitrogens with one attached hydrogen (secondary N) is 2. The summed E-state index contributed by atoms with van der Waals surface area (Å²) in [5, 5.41) is 16.7. The van der Waals surface area contributed by atoms with Crippen LogP contribution in [0.5, 0.6) is 0 Å². The quantitative estimate of drug-likeness (QED) is 0.482. The number of benzene rings is 1. The minimum absolute atomic E-state index is 0.0164. The van der Waals surface area contributed by atoms with Gasteiger partial charge >= 0.3 is 0 Å². The second-order valence-corrected chi connectivity index (χ2v) is 13.9. The third-order valence-corrected chi connectivity index (χ3v) is 11.3. The average molecular weight is 528 g/mol. The number of aliphatic hydroxyl groups excluding tert-OH is 1. The molecule has 1 spiro atoms. The summed E-state index contributed by atoms with van der Waals surface area (Å²) in [6.45, 7) is 6.26. The van der Waals surface area contributed by atoms with Crippen LogP contribution in [-0.4, -0.2) is 62.0 Å². The van der Waals surface area contributed by atoms with Gasteiger partial charge < -0.3 is 20.6 Å². The van der Waals surface area contributed by atoms with E-state index in [1.807, 2.05) is 44.2 Å². The van der Waals surface area contributed by atoms with Crippen molar-refractivity contribution in [1.82, 2.24) is 15.5 Å². The van der Waals surface area contributed by atoms with Gasteiger partial charge in [0.1, 0.15) is 6.04 Å². The number of amides is 3. The molecule has 0 radical (unpaired) electrons. The molecule has 1 aromatic rings. The van der Waals surface area contributed by atoms with E-state index < -0.39 is 33.4 Å². The first kappa shape index (κ1) is 26.5. The van der Waals surface area contributed by atoms with Crippen molar-refractivity contribution in [1.29, 1.82) is 0 Å². The maximum atomic E-state index is 14.3. The predicted octanol–water partition coefficient (Wildman–Crippen LogP) is 3.25. The number of carbonyl (C=O) groups is 3. The van der Waals surface area contributed by atoms with Crippen LogP contribution in [0.15, 0.2) is 30.3 Å². The van der Waals surface area contributed by atoms with Crippen LogP contribution in [-0.2, 0) is 20.9 Å². The van der Waals surface area contributed by atoms with Crippen LogP contribution in [0.3, 0.4) is 0 Å². The van der Waals surface area contributed by atoms with E-state index in [1.54, 1.807) is 16.7 Å². The number of hydrogen-bond donors (Lipinski definition) is 3. The summed E-state index contributed by atoms with van der Waals surface area (Å²) in [5.74, 6) is -1.46. The maximum Gasteiger partial charge on any atom is 0.244 e. The SMILES string of the molecule is CC(C)[C@H](CO)N1C(=O)[C@@H]2[C@@H](C(=O)NCc3ccccc3)[C@@]3(C)CCC2(S3)C1C(=O)NC1CCCCC1. The summed E-state index contributed by atoms with van der Waals surface area (Å²) in [6, 6.07) is 8.77. The normalized spacial score (nSPS) is 34.0. The Morgan fingerprint density at radius 1 is 1.11 bits per heavy atom. The van der Waals surface area contributed by atoms with Gasteiger partial charge in [0.05, 0.1) is 29.2 Å². The molecule has 1 saturated carbocycles. The molecular weight excluding hydrogens is 486 g/mol. The summed E-state index contributed by atoms with van der Waals surface area (Å²) < 4.78 is -1.05. The third-order valence-electron chi connectivity index (χ3n) is 9.32. The van der Waals surface area contributed by atoms with E-state index in [1.165, 1.54) is 6.42 Å². The number of rotatable bonds is 8. The Hall–Kier alpha value is -2.06. The molecule has 37 heavy (non-hydrogen) atoms. The topological polar surface area (TPSA) is 98.7 Å². The van der Waals surface area contributed by atoms with E-state index in [0.717, 1.165) is 44.1 Å². The number of fused-ring (bicyclic) bond motifs is 1. The van der Waals surface area contributed by atoms with Crippen molar-refractivity contribution in [3.8, 4) is 0 Å². The minimum atomic E-state index is -0.676. The number of hydrogen-bond acceptors (Lipinski definition) is 5. The van der Waals surface area contributed by atoms with Crippen molar-refractivity contribution < 1.29 is 19.5 Å². The van der Waals surface area contributed by atoms with E-state index in [2.05, 4.69) is 17.6 Å². The Morgan fingerprint density at radius 2 is 1.81 bits per heavy atom. The molecular formula is C29H41N3O4S. The molecule has 8 heteroatoms. The maximum absolute atomic E-state index is 14.3. The molecule has 202 valence electrons. The predicted molar refractivity (Wildman–Crippen MR) is 145 cm³/mol. The zero-order chi connectivity index (χ0) is 26.4. The van der Waals surface area contributed by atoms with E-state index >= 15 is 0 Å². The number of thioether (sulfide) groups is 1. The lowest BCUT2D eigenvalue weighted by Crippen LogP contribution is -2.59. The van der Waals surface area contributed by atoms with Gasteiger partial charge in [0.25, 0.3) is 0 Å². The number of likely N-dealkylation sites (tertiary alicyclic amines) is 1. The van der Waals surface area contributed by atoms with Crippen LogP contribution in [0.4, 0.5) is 0 Å². The molecule has 3 heterocycles. The zero-order valence-corrected chi connectivity index (χ0v) is 23.1. The minimum Gasteiger partial charge on any atom is -0.394 e. The highest BCUT2D eigenvalue weighted by molar-refractivity contribution is 8.02. The highest BCUT2D eigenvalue weighted by atomic mass is 32.2. The fraction of sp³-hybridized carbons (Fsp3) is 0.690. The Labute approximate surface area is 224 Å². The van der Waals surface area contributed by atoms with E-state index in [-0.39, 0.29) is 36.3 Å². The first-order valence-corrected chi connectivity index (χ1v) is 14.8. The van der Waals surface area contributed by atoms with Crippen LogP contribution < -0.4 is 10.6 Å². The largest absolute Gasteiger partial charge is 0.394 e. The van der Waals surface area contributed by atoms with Gasteiger partial charge in [-0.1, -0.05) is 63.4 Å². The second-order valence-electron chi connectivity index (χ2n) is 12.0. The first-order chi connectivity index (χ1) is 17.7. The van der Waals surface area contributed by atoms with Crippen LogP contribution in [0.25, 0.3) is 0 Å². The summed E-state index contributed by atoms with van der Waals surface area (Å²) in [5.41, 5.74) is 1.01. The lowest BCUT2D eigenvalue weighted by molar-refractivity contribution is -0.144. The lowest BCUT2D eigenvalue weighted by atomic mass is 9.66. The van der Waals surface area contributed by atoms with Crippen LogP contribution in [0.1, 0.15) is 71.3 Å². The molecule has 2 unspecified atom stereocenters. The molecule has 4 aliphatic rings. The summed E-state index contributed by atoms with van der Waals surface area (Å²) >= 11 is 1.69. The van der Waals surface area contributed by atoms with Gasteiger partial charge in [-0.05, 0) is 44.1 Å². The van der Waals surface area contributed by atoms with E-state index in [9.17, 15) is 19.5 Å². The molecule has 6 atom stereocenters. The van der Waals surface area contributed by atoms with E-state index in [0.29, 0.717) is 6.54 Å². The van der Waals surface area contributed by atoms with Gasteiger partial charge in [0, 0.05) is 17.3 Å². The highest BCUT2D eigenvalue weighted by Gasteiger charge is 2.77. The fourth-order valence-corrected chi connectivity index (χ4v) is 9.81. The van der Waals surface area contributed by atoms with Crippen molar-refractivity contribution in [2.45, 2.75) is 99.9 Å². The Bertz CT molecular complexity index is 1030. The molecule has 2 bridgehead atoms. The van der Waals surface area contributed by atoms with Crippen molar-refractivity contribution in [3.63, 3.8) is 0 Å². The van der Waals surface area contributed by atoms with Gasteiger partial charge in [-0.2, -0.15) is 0 Å². The van der Waals surface area contributed by atoms with Gasteiger partial charge in [0.15, 0.2) is 0 Å². The Balaban J connectivity index is 1.47. The van der Waals surface area contributed by atoms with Crippen LogP contribution >= 0.6 is 11.8 Å². The molecule has 0 aromatic heterocycles. The molecule has 3 aliphatic heterocycles. The van der Waals surface area contributed by atoms with Crippen LogP contribution in [0, 0.1) is 17.8 Å². The van der Waals surface area contributed by atoms with Crippen LogP contribution in [0.2, 0.25) is 0 Å². The highest BCUT2D eigenvalue weighted by Crippen LogP contribution is 2.71.